The van der Waals surface area contributed by atoms with Crippen molar-refractivity contribution in [2.45, 2.75) is 19.8 Å². The van der Waals surface area contributed by atoms with Gasteiger partial charge in [0.05, 0.1) is 0 Å². The zero-order chi connectivity index (χ0) is 11.1. The largest absolute Gasteiger partial charge is 0.361 e. The van der Waals surface area contributed by atoms with Crippen LogP contribution in [0, 0.1) is 0 Å². The Balaban J connectivity index is 2.13. The topological polar surface area (TPSA) is 54.0 Å². The summed E-state index contributed by atoms with van der Waals surface area (Å²) < 4.78 is 0.824. The number of hydrogen-bond acceptors (Lipinski definition) is 4. The second kappa shape index (κ2) is 6.79. The maximum absolute atomic E-state index is 11.2. The summed E-state index contributed by atoms with van der Waals surface area (Å²) in [4.78, 5) is 15.4. The standard InChI is InChI=1S/C9H14BrN3OS/c1-2-4-11-8(14)3-5-12-9-13-7(10)6-15-9/h6H,2-5H2,1H3,(H,11,14)(H,12,13). The van der Waals surface area contributed by atoms with Gasteiger partial charge in [0.25, 0.3) is 0 Å². The molecule has 1 aromatic heterocycles. The first-order valence-electron chi connectivity index (χ1n) is 4.84. The predicted octanol–water partition coefficient (Wildman–Crippen LogP) is 2.23. The number of thiazole rings is 1. The van der Waals surface area contributed by atoms with Gasteiger partial charge in [0.1, 0.15) is 4.60 Å². The molecule has 0 spiro atoms. The average Bonchev–Trinajstić information content (AvgIpc) is 2.61. The zero-order valence-corrected chi connectivity index (χ0v) is 10.9. The first kappa shape index (κ1) is 12.4. The van der Waals surface area contributed by atoms with Gasteiger partial charge in [0, 0.05) is 24.9 Å². The van der Waals surface area contributed by atoms with Crippen LogP contribution in [0.25, 0.3) is 0 Å². The van der Waals surface area contributed by atoms with Crippen molar-refractivity contribution in [2.75, 3.05) is 18.4 Å². The fourth-order valence-corrected chi connectivity index (χ4v) is 2.14. The molecule has 84 valence electrons. The summed E-state index contributed by atoms with van der Waals surface area (Å²) in [7, 11) is 0. The van der Waals surface area contributed by atoms with Gasteiger partial charge >= 0.3 is 0 Å². The van der Waals surface area contributed by atoms with Crippen LogP contribution in [-0.4, -0.2) is 24.0 Å². The lowest BCUT2D eigenvalue weighted by atomic mass is 10.4. The van der Waals surface area contributed by atoms with Crippen molar-refractivity contribution in [3.63, 3.8) is 0 Å². The van der Waals surface area contributed by atoms with Crippen LogP contribution in [0.2, 0.25) is 0 Å². The highest BCUT2D eigenvalue weighted by molar-refractivity contribution is 9.10. The van der Waals surface area contributed by atoms with Gasteiger partial charge < -0.3 is 10.6 Å². The highest BCUT2D eigenvalue weighted by Crippen LogP contribution is 2.18. The molecule has 0 saturated heterocycles. The molecule has 1 amide bonds. The third-order valence-corrected chi connectivity index (χ3v) is 3.19. The van der Waals surface area contributed by atoms with Crippen molar-refractivity contribution in [1.82, 2.24) is 10.3 Å². The Morgan fingerprint density at radius 3 is 3.00 bits per heavy atom. The van der Waals surface area contributed by atoms with Crippen LogP contribution >= 0.6 is 27.3 Å². The van der Waals surface area contributed by atoms with E-state index in [9.17, 15) is 4.79 Å². The van der Waals surface area contributed by atoms with E-state index < -0.39 is 0 Å². The number of hydrogen-bond donors (Lipinski definition) is 2. The molecule has 0 radical (unpaired) electrons. The number of carbonyl (C=O) groups is 1. The quantitative estimate of drug-likeness (QED) is 0.845. The number of nitrogens with one attached hydrogen (secondary N) is 2. The summed E-state index contributed by atoms with van der Waals surface area (Å²) in [5.41, 5.74) is 0. The number of nitrogens with zero attached hydrogens (tertiary/aromatic N) is 1. The third-order valence-electron chi connectivity index (χ3n) is 1.68. The van der Waals surface area contributed by atoms with E-state index in [0.717, 1.165) is 22.7 Å². The minimum Gasteiger partial charge on any atom is -0.361 e. The summed E-state index contributed by atoms with van der Waals surface area (Å²) in [6, 6.07) is 0. The molecule has 2 N–H and O–H groups in total. The molecule has 1 heterocycles. The lowest BCUT2D eigenvalue weighted by Crippen LogP contribution is -2.25. The van der Waals surface area contributed by atoms with Crippen LogP contribution in [0.15, 0.2) is 9.98 Å². The molecule has 0 aliphatic carbocycles. The smallest absolute Gasteiger partial charge is 0.221 e. The molecule has 0 saturated carbocycles. The van der Waals surface area contributed by atoms with Crippen molar-refractivity contribution < 1.29 is 4.79 Å². The third kappa shape index (κ3) is 5.13. The molecule has 0 fully saturated rings. The Labute approximate surface area is 102 Å². The Morgan fingerprint density at radius 2 is 2.40 bits per heavy atom. The van der Waals surface area contributed by atoms with Gasteiger partial charge in [-0.15, -0.1) is 11.3 Å². The Morgan fingerprint density at radius 1 is 1.60 bits per heavy atom. The van der Waals surface area contributed by atoms with Gasteiger partial charge in [0.2, 0.25) is 5.91 Å². The lowest BCUT2D eigenvalue weighted by Gasteiger charge is -2.03. The molecule has 0 aromatic carbocycles. The number of halogens is 1. The van der Waals surface area contributed by atoms with Crippen LogP contribution < -0.4 is 10.6 Å². The molecule has 0 atom stereocenters. The van der Waals surface area contributed by atoms with Gasteiger partial charge in [-0.1, -0.05) is 6.92 Å². The van der Waals surface area contributed by atoms with Gasteiger partial charge in [-0.3, -0.25) is 4.79 Å². The summed E-state index contributed by atoms with van der Waals surface area (Å²) in [6.07, 6.45) is 1.45. The Hall–Kier alpha value is -0.620. The van der Waals surface area contributed by atoms with E-state index in [0.29, 0.717) is 13.0 Å². The molecule has 0 unspecified atom stereocenters. The highest BCUT2D eigenvalue weighted by Gasteiger charge is 2.01. The predicted molar refractivity (Wildman–Crippen MR) is 66.2 cm³/mol. The minimum absolute atomic E-state index is 0.0833. The highest BCUT2D eigenvalue weighted by atomic mass is 79.9. The molecule has 1 rings (SSSR count). The molecular weight excluding hydrogens is 278 g/mol. The number of anilines is 1. The summed E-state index contributed by atoms with van der Waals surface area (Å²) in [6.45, 7) is 3.41. The molecule has 4 nitrogen and oxygen atoms in total. The molecule has 0 bridgehead atoms. The Kier molecular flexibility index (Phi) is 5.63. The van der Waals surface area contributed by atoms with Gasteiger partial charge in [-0.05, 0) is 22.4 Å². The van der Waals surface area contributed by atoms with Crippen LogP contribution in [0.4, 0.5) is 5.13 Å². The molecule has 1 aromatic rings. The monoisotopic (exact) mass is 291 g/mol. The van der Waals surface area contributed by atoms with Crippen LogP contribution in [0.3, 0.4) is 0 Å². The fraction of sp³-hybridized carbons (Fsp3) is 0.556. The van der Waals surface area contributed by atoms with Crippen molar-refractivity contribution in [3.05, 3.63) is 9.98 Å². The van der Waals surface area contributed by atoms with Gasteiger partial charge in [-0.2, -0.15) is 0 Å². The Bertz CT molecular complexity index is 316. The molecule has 0 aliphatic heterocycles. The molecular formula is C9H14BrN3OS. The van der Waals surface area contributed by atoms with Gasteiger partial charge in [0.15, 0.2) is 5.13 Å². The second-order valence-electron chi connectivity index (χ2n) is 3.00. The average molecular weight is 292 g/mol. The number of carbonyl (C=O) groups excluding carboxylic acids is 1. The maximum atomic E-state index is 11.2. The summed E-state index contributed by atoms with van der Waals surface area (Å²) >= 11 is 4.79. The van der Waals surface area contributed by atoms with E-state index in [1.54, 1.807) is 0 Å². The maximum Gasteiger partial charge on any atom is 0.221 e. The molecule has 6 heteroatoms. The lowest BCUT2D eigenvalue weighted by molar-refractivity contribution is -0.120. The van der Waals surface area contributed by atoms with E-state index in [4.69, 9.17) is 0 Å². The van der Waals surface area contributed by atoms with Crippen LogP contribution in [0.1, 0.15) is 19.8 Å². The number of rotatable bonds is 6. The zero-order valence-electron chi connectivity index (χ0n) is 8.55. The van der Waals surface area contributed by atoms with E-state index in [-0.39, 0.29) is 5.91 Å². The minimum atomic E-state index is 0.0833. The van der Waals surface area contributed by atoms with Crippen molar-refractivity contribution in [1.29, 1.82) is 0 Å². The first-order chi connectivity index (χ1) is 7.22. The van der Waals surface area contributed by atoms with Crippen molar-refractivity contribution >= 4 is 38.3 Å². The van der Waals surface area contributed by atoms with Crippen molar-refractivity contribution in [2.24, 2.45) is 0 Å². The summed E-state index contributed by atoms with van der Waals surface area (Å²) in [5, 5.41) is 8.65. The molecule has 15 heavy (non-hydrogen) atoms. The first-order valence-corrected chi connectivity index (χ1v) is 6.51. The van der Waals surface area contributed by atoms with Crippen LogP contribution in [0.5, 0.6) is 0 Å². The number of amides is 1. The normalized spacial score (nSPS) is 10.0. The van der Waals surface area contributed by atoms with E-state index >= 15 is 0 Å². The van der Waals surface area contributed by atoms with Crippen molar-refractivity contribution in [3.8, 4) is 0 Å². The van der Waals surface area contributed by atoms with E-state index in [2.05, 4.69) is 31.5 Å². The summed E-state index contributed by atoms with van der Waals surface area (Å²) in [5.74, 6) is 0.0833. The fourth-order valence-electron chi connectivity index (χ4n) is 0.971. The van der Waals surface area contributed by atoms with E-state index in [1.807, 2.05) is 12.3 Å². The number of aromatic nitrogens is 1. The second-order valence-corrected chi connectivity index (χ2v) is 4.67. The molecule has 0 aliphatic rings. The van der Waals surface area contributed by atoms with Gasteiger partial charge in [-0.25, -0.2) is 4.98 Å². The SMILES string of the molecule is CCCNC(=O)CCNc1nc(Br)cs1. The van der Waals surface area contributed by atoms with E-state index in [1.165, 1.54) is 11.3 Å². The van der Waals surface area contributed by atoms with Crippen LogP contribution in [-0.2, 0) is 4.79 Å².